The van der Waals surface area contributed by atoms with Gasteiger partial charge < -0.3 is 19.5 Å². The van der Waals surface area contributed by atoms with E-state index in [0.717, 1.165) is 37.7 Å². The largest absolute Gasteiger partial charge is 0.459 e. The first kappa shape index (κ1) is 26.4. The molecular formula is C30H29ClN2O7. The Balaban J connectivity index is 1.46. The number of fused-ring (bicyclic) bond motifs is 1. The van der Waals surface area contributed by atoms with Gasteiger partial charge in [-0.3, -0.25) is 14.9 Å². The summed E-state index contributed by atoms with van der Waals surface area (Å²) in [6, 6.07) is 10.2. The molecule has 0 bridgehead atoms. The molecule has 0 amide bonds. The Morgan fingerprint density at radius 1 is 1.07 bits per heavy atom. The fourth-order valence-corrected chi connectivity index (χ4v) is 6.45. The topological polar surface area (TPSA) is 117 Å². The number of nitrogens with one attached hydrogen (secondary N) is 1. The summed E-state index contributed by atoms with van der Waals surface area (Å²) >= 11 is 6.08. The van der Waals surface area contributed by atoms with E-state index in [4.69, 9.17) is 25.8 Å². The van der Waals surface area contributed by atoms with Crippen LogP contribution in [0.15, 0.2) is 58.9 Å². The summed E-state index contributed by atoms with van der Waals surface area (Å²) in [5, 5.41) is 16.2. The second-order valence-electron chi connectivity index (χ2n) is 10.8. The number of halogens is 1. The van der Waals surface area contributed by atoms with E-state index in [2.05, 4.69) is 5.32 Å². The summed E-state index contributed by atoms with van der Waals surface area (Å²) in [5.41, 5.74) is 2.67. The number of allylic oxidation sites excluding steroid dienone is 3. The maximum Gasteiger partial charge on any atom is 0.337 e. The molecule has 2 unspecified atom stereocenters. The Labute approximate surface area is 236 Å². The van der Waals surface area contributed by atoms with Gasteiger partial charge in [0.15, 0.2) is 17.3 Å². The normalized spacial score (nSPS) is 22.6. The minimum absolute atomic E-state index is 0.0662. The molecule has 0 spiro atoms. The van der Waals surface area contributed by atoms with Gasteiger partial charge >= 0.3 is 5.97 Å². The van der Waals surface area contributed by atoms with Crippen molar-refractivity contribution in [1.82, 2.24) is 5.32 Å². The van der Waals surface area contributed by atoms with Crippen molar-refractivity contribution in [1.29, 1.82) is 0 Å². The number of nitrogens with zero attached hydrogens (tertiary/aromatic N) is 1. The summed E-state index contributed by atoms with van der Waals surface area (Å²) in [6.45, 7) is 1.69. The van der Waals surface area contributed by atoms with Crippen molar-refractivity contribution < 1.29 is 28.7 Å². The zero-order chi connectivity index (χ0) is 28.0. The number of dihydropyridines is 1. The predicted octanol–water partition coefficient (Wildman–Crippen LogP) is 6.21. The summed E-state index contributed by atoms with van der Waals surface area (Å²) in [7, 11) is 0. The number of hydrogen-bond acceptors (Lipinski definition) is 8. The standard InChI is InChI=1S/C30H29ClN2O7/c1-16-27(30(35)40-20-5-3-2-4-6-20)28(21-13-25-26(39-15-38-25)14-23(21)33(36)37)29-22(32-16)11-18(12-24(29)34)17-7-9-19(31)10-8-17/h7-10,13-14,18,20,28,32H,2-6,11-12,15H2,1H3. The first-order valence-electron chi connectivity index (χ1n) is 13.6. The highest BCUT2D eigenvalue weighted by Gasteiger charge is 2.45. The molecule has 10 heteroatoms. The molecule has 0 aromatic heterocycles. The summed E-state index contributed by atoms with van der Waals surface area (Å²) in [6.07, 6.45) is 5.08. The average molecular weight is 565 g/mol. The molecule has 6 rings (SSSR count). The number of esters is 1. The molecule has 1 N–H and O–H groups in total. The number of benzene rings is 2. The number of Topliss-reactive ketones (excluding diaryl/α,β-unsaturated/α-hetero) is 1. The van der Waals surface area contributed by atoms with Crippen molar-refractivity contribution >= 4 is 29.0 Å². The molecule has 40 heavy (non-hydrogen) atoms. The molecule has 2 aromatic rings. The van der Waals surface area contributed by atoms with Crippen LogP contribution in [-0.2, 0) is 14.3 Å². The van der Waals surface area contributed by atoms with Crippen molar-refractivity contribution in [3.8, 4) is 11.5 Å². The van der Waals surface area contributed by atoms with E-state index < -0.39 is 16.8 Å². The van der Waals surface area contributed by atoms with E-state index in [-0.39, 0.29) is 53.6 Å². The van der Waals surface area contributed by atoms with Crippen molar-refractivity contribution in [2.24, 2.45) is 0 Å². The van der Waals surface area contributed by atoms with Crippen molar-refractivity contribution in [3.63, 3.8) is 0 Å². The van der Waals surface area contributed by atoms with Crippen LogP contribution >= 0.6 is 11.6 Å². The third-order valence-electron chi connectivity index (χ3n) is 8.24. The van der Waals surface area contributed by atoms with E-state index in [1.807, 2.05) is 12.1 Å². The Morgan fingerprint density at radius 2 is 1.77 bits per heavy atom. The van der Waals surface area contributed by atoms with Crippen LogP contribution in [0, 0.1) is 10.1 Å². The number of carbonyl (C=O) groups is 2. The van der Waals surface area contributed by atoms with E-state index in [1.165, 1.54) is 12.1 Å². The minimum Gasteiger partial charge on any atom is -0.459 e. The molecule has 2 aliphatic heterocycles. The van der Waals surface area contributed by atoms with Gasteiger partial charge in [0.05, 0.1) is 22.5 Å². The second kappa shape index (κ2) is 10.6. The molecule has 2 aliphatic carbocycles. The molecular weight excluding hydrogens is 536 g/mol. The van der Waals surface area contributed by atoms with Gasteiger partial charge in [-0.15, -0.1) is 0 Å². The molecule has 4 aliphatic rings. The molecule has 2 atom stereocenters. The molecule has 0 saturated heterocycles. The lowest BCUT2D eigenvalue weighted by molar-refractivity contribution is -0.385. The highest BCUT2D eigenvalue weighted by Crippen LogP contribution is 2.50. The number of hydrogen-bond donors (Lipinski definition) is 1. The number of carbonyl (C=O) groups excluding carboxylic acids is 2. The summed E-state index contributed by atoms with van der Waals surface area (Å²) in [5.74, 6) is -1.24. The van der Waals surface area contributed by atoms with Crippen molar-refractivity contribution in [2.75, 3.05) is 6.79 Å². The zero-order valence-electron chi connectivity index (χ0n) is 22.0. The van der Waals surface area contributed by atoms with Gasteiger partial charge in [-0.1, -0.05) is 30.2 Å². The quantitative estimate of drug-likeness (QED) is 0.258. The number of ketones is 1. The first-order valence-corrected chi connectivity index (χ1v) is 14.0. The Hall–Kier alpha value is -3.85. The lowest BCUT2D eigenvalue weighted by atomic mass is 9.71. The summed E-state index contributed by atoms with van der Waals surface area (Å²) < 4.78 is 16.9. The Kier molecular flexibility index (Phi) is 7.00. The number of nitro groups is 1. The van der Waals surface area contributed by atoms with E-state index in [9.17, 15) is 19.7 Å². The zero-order valence-corrected chi connectivity index (χ0v) is 22.8. The third kappa shape index (κ3) is 4.83. The van der Waals surface area contributed by atoms with Gasteiger partial charge in [0.1, 0.15) is 6.10 Å². The highest BCUT2D eigenvalue weighted by atomic mass is 35.5. The maximum atomic E-state index is 13.9. The monoisotopic (exact) mass is 564 g/mol. The van der Waals surface area contributed by atoms with Crippen LogP contribution in [0.4, 0.5) is 5.69 Å². The number of rotatable bonds is 5. The van der Waals surface area contributed by atoms with Crippen LogP contribution in [0.5, 0.6) is 11.5 Å². The van der Waals surface area contributed by atoms with E-state index >= 15 is 0 Å². The van der Waals surface area contributed by atoms with Crippen molar-refractivity contribution in [3.05, 3.63) is 85.2 Å². The van der Waals surface area contributed by atoms with Crippen molar-refractivity contribution in [2.45, 2.75) is 69.8 Å². The molecule has 9 nitrogen and oxygen atoms in total. The first-order chi connectivity index (χ1) is 19.3. The molecule has 0 radical (unpaired) electrons. The van der Waals surface area contributed by atoms with Crippen LogP contribution in [0.2, 0.25) is 5.02 Å². The van der Waals surface area contributed by atoms with E-state index in [0.29, 0.717) is 34.2 Å². The van der Waals surface area contributed by atoms with Crippen LogP contribution < -0.4 is 14.8 Å². The number of ether oxygens (including phenoxy) is 3. The van der Waals surface area contributed by atoms with Crippen LogP contribution in [0.1, 0.15) is 74.8 Å². The molecule has 1 fully saturated rings. The smallest absolute Gasteiger partial charge is 0.337 e. The van der Waals surface area contributed by atoms with Gasteiger partial charge in [0.25, 0.3) is 5.69 Å². The lowest BCUT2D eigenvalue weighted by Crippen LogP contribution is -2.37. The van der Waals surface area contributed by atoms with Gasteiger partial charge in [0.2, 0.25) is 6.79 Å². The van der Waals surface area contributed by atoms with Crippen LogP contribution in [0.3, 0.4) is 0 Å². The van der Waals surface area contributed by atoms with Gasteiger partial charge in [-0.05, 0) is 68.7 Å². The average Bonchev–Trinajstić information content (AvgIpc) is 3.40. The Morgan fingerprint density at radius 3 is 2.48 bits per heavy atom. The molecule has 208 valence electrons. The predicted molar refractivity (Wildman–Crippen MR) is 146 cm³/mol. The van der Waals surface area contributed by atoms with Crippen LogP contribution in [0.25, 0.3) is 0 Å². The third-order valence-corrected chi connectivity index (χ3v) is 8.50. The SMILES string of the molecule is CC1=C(C(=O)OC2CCCCC2)C(c2cc3c(cc2[N+](=O)[O-])OCO3)C2=C(CC(c3ccc(Cl)cc3)CC2=O)N1. The molecule has 2 aromatic carbocycles. The fraction of sp³-hybridized carbons (Fsp3) is 0.400. The van der Waals surface area contributed by atoms with Crippen LogP contribution in [-0.4, -0.2) is 29.6 Å². The Bertz CT molecular complexity index is 1460. The fourth-order valence-electron chi connectivity index (χ4n) is 6.33. The van der Waals surface area contributed by atoms with Gasteiger partial charge in [0, 0.05) is 34.0 Å². The van der Waals surface area contributed by atoms with Gasteiger partial charge in [-0.2, -0.15) is 0 Å². The van der Waals surface area contributed by atoms with Gasteiger partial charge in [-0.25, -0.2) is 4.79 Å². The maximum absolute atomic E-state index is 13.9. The van der Waals surface area contributed by atoms with E-state index in [1.54, 1.807) is 19.1 Å². The second-order valence-corrected chi connectivity index (χ2v) is 11.2. The summed E-state index contributed by atoms with van der Waals surface area (Å²) in [4.78, 5) is 39.5. The molecule has 1 saturated carbocycles. The lowest BCUT2D eigenvalue weighted by Gasteiger charge is -2.37. The highest BCUT2D eigenvalue weighted by molar-refractivity contribution is 6.30. The minimum atomic E-state index is -0.985. The number of nitro benzene ring substituents is 1. The molecule has 2 heterocycles.